The van der Waals surface area contributed by atoms with Crippen LogP contribution in [0.5, 0.6) is 5.75 Å². The van der Waals surface area contributed by atoms with Gasteiger partial charge < -0.3 is 20.1 Å². The zero-order valence-corrected chi connectivity index (χ0v) is 14.7. The summed E-state index contributed by atoms with van der Waals surface area (Å²) in [5.41, 5.74) is 1.24. The van der Waals surface area contributed by atoms with Gasteiger partial charge in [-0.2, -0.15) is 0 Å². The Kier molecular flexibility index (Phi) is 6.32. The molecule has 2 amide bonds. The van der Waals surface area contributed by atoms with Crippen molar-refractivity contribution in [2.75, 3.05) is 17.7 Å². The van der Waals surface area contributed by atoms with Crippen LogP contribution in [0.25, 0.3) is 0 Å². The first-order chi connectivity index (χ1) is 12.4. The number of hydrogen-bond acceptors (Lipinski definition) is 5. The van der Waals surface area contributed by atoms with Gasteiger partial charge in [-0.15, -0.1) is 0 Å². The second-order valence-corrected chi connectivity index (χ2v) is 5.53. The first kappa shape index (κ1) is 19.0. The van der Waals surface area contributed by atoms with Crippen molar-refractivity contribution in [3.05, 3.63) is 54.1 Å². The number of methoxy groups -OCH3 is 1. The fourth-order valence-electron chi connectivity index (χ4n) is 2.15. The average molecular weight is 356 g/mol. The Hall–Kier alpha value is -3.35. The van der Waals surface area contributed by atoms with Gasteiger partial charge in [-0.05, 0) is 37.3 Å². The van der Waals surface area contributed by atoms with E-state index in [1.54, 1.807) is 42.5 Å². The van der Waals surface area contributed by atoms with E-state index in [0.29, 0.717) is 17.1 Å². The van der Waals surface area contributed by atoms with Gasteiger partial charge in [0, 0.05) is 24.4 Å². The molecule has 1 atom stereocenters. The molecular formula is C19H20N2O5. The molecule has 0 bridgehead atoms. The molecule has 0 aliphatic rings. The highest BCUT2D eigenvalue weighted by Gasteiger charge is 2.19. The predicted molar refractivity (Wildman–Crippen MR) is 97.2 cm³/mol. The lowest BCUT2D eigenvalue weighted by molar-refractivity contribution is -0.123. The minimum absolute atomic E-state index is 0.234. The Labute approximate surface area is 151 Å². The molecule has 0 saturated heterocycles. The summed E-state index contributed by atoms with van der Waals surface area (Å²) >= 11 is 0. The fourth-order valence-corrected chi connectivity index (χ4v) is 2.15. The summed E-state index contributed by atoms with van der Waals surface area (Å²) in [6, 6.07) is 13.1. The van der Waals surface area contributed by atoms with Crippen LogP contribution in [-0.2, 0) is 14.3 Å². The highest BCUT2D eigenvalue weighted by molar-refractivity contribution is 5.98. The minimum atomic E-state index is -1.00. The quantitative estimate of drug-likeness (QED) is 0.776. The minimum Gasteiger partial charge on any atom is -0.497 e. The number of amides is 2. The van der Waals surface area contributed by atoms with Crippen molar-refractivity contribution in [2.24, 2.45) is 0 Å². The van der Waals surface area contributed by atoms with Gasteiger partial charge >= 0.3 is 5.97 Å². The molecule has 0 aliphatic heterocycles. The molecule has 0 saturated carbocycles. The first-order valence-corrected chi connectivity index (χ1v) is 7.92. The van der Waals surface area contributed by atoms with E-state index >= 15 is 0 Å². The van der Waals surface area contributed by atoms with E-state index in [9.17, 15) is 14.4 Å². The molecule has 0 aromatic heterocycles. The molecule has 136 valence electrons. The molecule has 2 aromatic carbocycles. The Morgan fingerprint density at radius 1 is 0.962 bits per heavy atom. The summed E-state index contributed by atoms with van der Waals surface area (Å²) < 4.78 is 10.3. The summed E-state index contributed by atoms with van der Waals surface area (Å²) in [7, 11) is 1.53. The summed E-state index contributed by atoms with van der Waals surface area (Å²) in [5, 5.41) is 5.24. The van der Waals surface area contributed by atoms with E-state index < -0.39 is 18.0 Å². The second-order valence-electron chi connectivity index (χ2n) is 5.53. The summed E-state index contributed by atoms with van der Waals surface area (Å²) in [6.07, 6.45) is -1.00. The van der Waals surface area contributed by atoms with Gasteiger partial charge in [-0.25, -0.2) is 4.79 Å². The van der Waals surface area contributed by atoms with Gasteiger partial charge in [0.1, 0.15) is 5.75 Å². The van der Waals surface area contributed by atoms with Crippen LogP contribution in [0.2, 0.25) is 0 Å². The lowest BCUT2D eigenvalue weighted by atomic mass is 10.2. The number of anilines is 2. The number of benzene rings is 2. The van der Waals surface area contributed by atoms with E-state index in [1.165, 1.54) is 27.0 Å². The monoisotopic (exact) mass is 356 g/mol. The molecule has 7 nitrogen and oxygen atoms in total. The standard InChI is InChI=1S/C19H20N2O5/c1-12(18(23)21-16-8-5-9-17(11-16)25-3)26-19(24)14-6-4-7-15(10-14)20-13(2)22/h4-12H,1-3H3,(H,20,22)(H,21,23). The van der Waals surface area contributed by atoms with Crippen molar-refractivity contribution < 1.29 is 23.9 Å². The smallest absolute Gasteiger partial charge is 0.338 e. The Morgan fingerprint density at radius 3 is 2.27 bits per heavy atom. The number of ether oxygens (including phenoxy) is 2. The molecule has 0 fully saturated rings. The van der Waals surface area contributed by atoms with E-state index in [1.807, 2.05) is 0 Å². The van der Waals surface area contributed by atoms with Gasteiger partial charge in [0.15, 0.2) is 6.10 Å². The van der Waals surface area contributed by atoms with Crippen LogP contribution in [0.4, 0.5) is 11.4 Å². The number of hydrogen-bond donors (Lipinski definition) is 2. The molecule has 0 spiro atoms. The van der Waals surface area contributed by atoms with Gasteiger partial charge in [0.25, 0.3) is 5.91 Å². The molecule has 2 N–H and O–H groups in total. The zero-order valence-electron chi connectivity index (χ0n) is 14.7. The second kappa shape index (κ2) is 8.66. The average Bonchev–Trinajstić information content (AvgIpc) is 2.61. The molecule has 2 rings (SSSR count). The van der Waals surface area contributed by atoms with Crippen molar-refractivity contribution in [2.45, 2.75) is 20.0 Å². The molecule has 1 unspecified atom stereocenters. The van der Waals surface area contributed by atoms with Crippen molar-refractivity contribution in [3.63, 3.8) is 0 Å². The topological polar surface area (TPSA) is 93.7 Å². The third kappa shape index (κ3) is 5.34. The molecule has 7 heteroatoms. The number of rotatable bonds is 6. The van der Waals surface area contributed by atoms with Crippen LogP contribution in [-0.4, -0.2) is 31.0 Å². The van der Waals surface area contributed by atoms with Crippen LogP contribution >= 0.6 is 0 Å². The SMILES string of the molecule is COc1cccc(NC(=O)C(C)OC(=O)c2cccc(NC(C)=O)c2)c1. The fraction of sp³-hybridized carbons (Fsp3) is 0.211. The number of esters is 1. The highest BCUT2D eigenvalue weighted by atomic mass is 16.5. The maximum Gasteiger partial charge on any atom is 0.338 e. The van der Waals surface area contributed by atoms with Crippen LogP contribution in [0, 0.1) is 0 Å². The third-order valence-corrected chi connectivity index (χ3v) is 3.41. The largest absolute Gasteiger partial charge is 0.497 e. The first-order valence-electron chi connectivity index (χ1n) is 7.92. The lowest BCUT2D eigenvalue weighted by Crippen LogP contribution is -2.30. The maximum atomic E-state index is 12.2. The van der Waals surface area contributed by atoms with Crippen molar-refractivity contribution in [3.8, 4) is 5.75 Å². The van der Waals surface area contributed by atoms with E-state index in [-0.39, 0.29) is 11.5 Å². The van der Waals surface area contributed by atoms with Gasteiger partial charge in [0.05, 0.1) is 12.7 Å². The number of nitrogens with one attached hydrogen (secondary N) is 2. The van der Waals surface area contributed by atoms with Crippen molar-refractivity contribution >= 4 is 29.2 Å². The van der Waals surface area contributed by atoms with Gasteiger partial charge in [-0.1, -0.05) is 12.1 Å². The Morgan fingerprint density at radius 2 is 1.62 bits per heavy atom. The Bertz CT molecular complexity index is 819. The lowest BCUT2D eigenvalue weighted by Gasteiger charge is -2.14. The molecule has 0 aliphatic carbocycles. The van der Waals surface area contributed by atoms with E-state index in [4.69, 9.17) is 9.47 Å². The van der Waals surface area contributed by atoms with Crippen molar-refractivity contribution in [1.82, 2.24) is 0 Å². The summed E-state index contributed by atoms with van der Waals surface area (Å²) in [6.45, 7) is 2.85. The van der Waals surface area contributed by atoms with Gasteiger partial charge in [0.2, 0.25) is 5.91 Å². The van der Waals surface area contributed by atoms with Crippen LogP contribution in [0.15, 0.2) is 48.5 Å². The molecule has 0 radical (unpaired) electrons. The van der Waals surface area contributed by atoms with Crippen LogP contribution < -0.4 is 15.4 Å². The molecule has 26 heavy (non-hydrogen) atoms. The summed E-state index contributed by atoms with van der Waals surface area (Å²) in [5.74, 6) is -0.779. The Balaban J connectivity index is 1.99. The third-order valence-electron chi connectivity index (χ3n) is 3.41. The van der Waals surface area contributed by atoms with Gasteiger partial charge in [-0.3, -0.25) is 9.59 Å². The maximum absolute atomic E-state index is 12.2. The normalized spacial score (nSPS) is 11.2. The molecular weight excluding hydrogens is 336 g/mol. The zero-order chi connectivity index (χ0) is 19.1. The number of carbonyl (C=O) groups excluding carboxylic acids is 3. The molecule has 0 heterocycles. The summed E-state index contributed by atoms with van der Waals surface area (Å²) in [4.78, 5) is 35.5. The van der Waals surface area contributed by atoms with Crippen molar-refractivity contribution in [1.29, 1.82) is 0 Å². The van der Waals surface area contributed by atoms with E-state index in [2.05, 4.69) is 10.6 Å². The van der Waals surface area contributed by atoms with Crippen LogP contribution in [0.1, 0.15) is 24.2 Å². The van der Waals surface area contributed by atoms with Crippen LogP contribution in [0.3, 0.4) is 0 Å². The van der Waals surface area contributed by atoms with E-state index in [0.717, 1.165) is 0 Å². The molecule has 2 aromatic rings. The highest BCUT2D eigenvalue weighted by Crippen LogP contribution is 2.17. The predicted octanol–water partition coefficient (Wildman–Crippen LogP) is 2.84. The number of carbonyl (C=O) groups is 3.